The Bertz CT molecular complexity index is 1180. The molecule has 0 radical (unpaired) electrons. The number of hydrogen-bond acceptors (Lipinski definition) is 6. The van der Waals surface area contributed by atoms with Crippen LogP contribution in [0.1, 0.15) is 23.9 Å². The van der Waals surface area contributed by atoms with Crippen molar-refractivity contribution in [3.63, 3.8) is 0 Å². The van der Waals surface area contributed by atoms with E-state index in [0.29, 0.717) is 28.5 Å². The van der Waals surface area contributed by atoms with Crippen LogP contribution in [0.25, 0.3) is 11.0 Å². The van der Waals surface area contributed by atoms with Crippen molar-refractivity contribution in [1.29, 1.82) is 0 Å². The zero-order valence-corrected chi connectivity index (χ0v) is 15.9. The molecule has 2 aliphatic rings. The molecule has 5 rings (SSSR count). The van der Waals surface area contributed by atoms with E-state index in [1.54, 1.807) is 25.1 Å². The van der Waals surface area contributed by atoms with E-state index in [1.165, 1.54) is 4.90 Å². The normalized spacial score (nSPS) is 20.4. The van der Waals surface area contributed by atoms with Gasteiger partial charge < -0.3 is 14.8 Å². The number of benzene rings is 2. The Balaban J connectivity index is 1.47. The molecule has 8 heteroatoms. The average molecular weight is 390 g/mol. The minimum atomic E-state index is -1.20. The van der Waals surface area contributed by atoms with Crippen molar-refractivity contribution in [2.75, 3.05) is 6.79 Å². The van der Waals surface area contributed by atoms with Gasteiger partial charge in [0.05, 0.1) is 29.0 Å². The molecular formula is C21H18N4O4. The topological polar surface area (TPSA) is 93.7 Å². The van der Waals surface area contributed by atoms with Crippen molar-refractivity contribution in [1.82, 2.24) is 20.2 Å². The predicted molar refractivity (Wildman–Crippen MR) is 103 cm³/mol. The summed E-state index contributed by atoms with van der Waals surface area (Å²) in [5.41, 5.74) is 2.19. The molecule has 0 bridgehead atoms. The Morgan fingerprint density at radius 1 is 1.07 bits per heavy atom. The summed E-state index contributed by atoms with van der Waals surface area (Å²) in [6, 6.07) is 12.3. The fraction of sp³-hybridized carbons (Fsp3) is 0.238. The summed E-state index contributed by atoms with van der Waals surface area (Å²) in [6.45, 7) is 3.70. The predicted octanol–water partition coefficient (Wildman–Crippen LogP) is 2.63. The van der Waals surface area contributed by atoms with Gasteiger partial charge in [0.2, 0.25) is 6.79 Å². The zero-order valence-electron chi connectivity index (χ0n) is 15.9. The quantitative estimate of drug-likeness (QED) is 0.691. The maximum Gasteiger partial charge on any atom is 0.325 e. The van der Waals surface area contributed by atoms with E-state index in [-0.39, 0.29) is 19.2 Å². The van der Waals surface area contributed by atoms with Crippen LogP contribution in [0.5, 0.6) is 11.5 Å². The first-order valence-electron chi connectivity index (χ1n) is 9.22. The molecule has 1 saturated heterocycles. The summed E-state index contributed by atoms with van der Waals surface area (Å²) in [4.78, 5) is 36.2. The molecule has 0 saturated carbocycles. The van der Waals surface area contributed by atoms with Crippen LogP contribution in [0.15, 0.2) is 42.5 Å². The Morgan fingerprint density at radius 3 is 2.59 bits per heavy atom. The lowest BCUT2D eigenvalue weighted by molar-refractivity contribution is -0.131. The third kappa shape index (κ3) is 2.67. The summed E-state index contributed by atoms with van der Waals surface area (Å²) in [5, 5.41) is 2.81. The first-order valence-corrected chi connectivity index (χ1v) is 9.22. The minimum Gasteiger partial charge on any atom is -0.454 e. The number of rotatable bonds is 3. The number of imide groups is 1. The van der Waals surface area contributed by atoms with Crippen molar-refractivity contribution < 1.29 is 19.1 Å². The Kier molecular flexibility index (Phi) is 3.70. The highest BCUT2D eigenvalue weighted by Gasteiger charge is 2.49. The highest BCUT2D eigenvalue weighted by Crippen LogP contribution is 2.38. The van der Waals surface area contributed by atoms with E-state index in [2.05, 4.69) is 15.3 Å². The maximum atomic E-state index is 13.2. The van der Waals surface area contributed by atoms with Gasteiger partial charge in [-0.2, -0.15) is 0 Å². The Labute approximate surface area is 166 Å². The largest absolute Gasteiger partial charge is 0.454 e. The van der Waals surface area contributed by atoms with Gasteiger partial charge in [-0.3, -0.25) is 9.69 Å². The molecule has 0 unspecified atom stereocenters. The van der Waals surface area contributed by atoms with Crippen molar-refractivity contribution in [3.8, 4) is 11.5 Å². The number of nitrogens with zero attached hydrogens (tertiary/aromatic N) is 3. The van der Waals surface area contributed by atoms with Gasteiger partial charge in [-0.15, -0.1) is 0 Å². The van der Waals surface area contributed by atoms with Gasteiger partial charge >= 0.3 is 6.03 Å². The lowest BCUT2D eigenvalue weighted by Gasteiger charge is -2.22. The summed E-state index contributed by atoms with van der Waals surface area (Å²) in [6.07, 6.45) is 0. The van der Waals surface area contributed by atoms with E-state index >= 15 is 0 Å². The summed E-state index contributed by atoms with van der Waals surface area (Å²) < 4.78 is 10.7. The third-order valence-corrected chi connectivity index (χ3v) is 5.38. The number of para-hydroxylation sites is 2. The molecule has 3 aromatic rings. The number of urea groups is 1. The number of aromatic nitrogens is 2. The van der Waals surface area contributed by atoms with Crippen molar-refractivity contribution in [2.24, 2.45) is 0 Å². The number of carbonyl (C=O) groups excluding carboxylic acids is 2. The van der Waals surface area contributed by atoms with Crippen LogP contribution in [-0.2, 0) is 16.9 Å². The van der Waals surface area contributed by atoms with Gasteiger partial charge in [-0.25, -0.2) is 14.8 Å². The molecule has 1 fully saturated rings. The molecule has 1 atom stereocenters. The van der Waals surface area contributed by atoms with Crippen LogP contribution in [-0.4, -0.2) is 33.6 Å². The van der Waals surface area contributed by atoms with Crippen LogP contribution in [0, 0.1) is 6.92 Å². The number of ether oxygens (including phenoxy) is 2. The molecule has 29 heavy (non-hydrogen) atoms. The third-order valence-electron chi connectivity index (χ3n) is 5.38. The highest BCUT2D eigenvalue weighted by atomic mass is 16.7. The second kappa shape index (κ2) is 6.16. The highest BCUT2D eigenvalue weighted by molar-refractivity contribution is 6.07. The zero-order chi connectivity index (χ0) is 20.2. The molecule has 0 spiro atoms. The molecule has 1 N–H and O–H groups in total. The van der Waals surface area contributed by atoms with Gasteiger partial charge in [0.25, 0.3) is 5.91 Å². The molecule has 2 aromatic carbocycles. The monoisotopic (exact) mass is 390 g/mol. The van der Waals surface area contributed by atoms with E-state index in [9.17, 15) is 9.59 Å². The number of fused-ring (bicyclic) bond motifs is 2. The van der Waals surface area contributed by atoms with Gasteiger partial charge in [0, 0.05) is 0 Å². The van der Waals surface area contributed by atoms with E-state index in [4.69, 9.17) is 9.47 Å². The summed E-state index contributed by atoms with van der Waals surface area (Å²) in [7, 11) is 0. The second-order valence-electron chi connectivity index (χ2n) is 7.26. The van der Waals surface area contributed by atoms with E-state index < -0.39 is 11.6 Å². The number of aryl methyl sites for hydroxylation is 1. The van der Waals surface area contributed by atoms with Gasteiger partial charge in [0.1, 0.15) is 5.54 Å². The van der Waals surface area contributed by atoms with Crippen LogP contribution in [0.2, 0.25) is 0 Å². The van der Waals surface area contributed by atoms with Crippen molar-refractivity contribution in [2.45, 2.75) is 25.9 Å². The molecular weight excluding hydrogens is 372 g/mol. The van der Waals surface area contributed by atoms with Gasteiger partial charge in [-0.1, -0.05) is 18.2 Å². The second-order valence-corrected chi connectivity index (χ2v) is 7.26. The Hall–Kier alpha value is -3.68. The first kappa shape index (κ1) is 17.4. The lowest BCUT2D eigenvalue weighted by Crippen LogP contribution is -2.40. The van der Waals surface area contributed by atoms with Crippen LogP contribution < -0.4 is 14.8 Å². The first-order chi connectivity index (χ1) is 14.0. The minimum absolute atomic E-state index is 0.0501. The smallest absolute Gasteiger partial charge is 0.325 e. The SMILES string of the molecule is Cc1nc2ccccc2nc1CN1C(=O)N[C@](C)(c2ccc3c(c2)OCO3)C1=O. The summed E-state index contributed by atoms with van der Waals surface area (Å²) in [5.74, 6) is 0.823. The van der Waals surface area contributed by atoms with E-state index in [1.807, 2.05) is 31.2 Å². The Morgan fingerprint density at radius 2 is 1.79 bits per heavy atom. The lowest BCUT2D eigenvalue weighted by atomic mass is 9.91. The van der Waals surface area contributed by atoms with Crippen LogP contribution >= 0.6 is 0 Å². The number of amides is 3. The number of carbonyl (C=O) groups is 2. The van der Waals surface area contributed by atoms with E-state index in [0.717, 1.165) is 11.0 Å². The molecule has 8 nitrogen and oxygen atoms in total. The summed E-state index contributed by atoms with van der Waals surface area (Å²) >= 11 is 0. The fourth-order valence-electron chi connectivity index (χ4n) is 3.67. The molecule has 1 aromatic heterocycles. The van der Waals surface area contributed by atoms with Crippen molar-refractivity contribution in [3.05, 3.63) is 59.4 Å². The fourth-order valence-corrected chi connectivity index (χ4v) is 3.67. The molecule has 0 aliphatic carbocycles. The standard InChI is InChI=1S/C21H18N4O4/c1-12-16(23-15-6-4-3-5-14(15)22-12)10-25-19(26)21(2,24-20(25)27)13-7-8-17-18(9-13)29-11-28-17/h3-9H,10-11H2,1-2H3,(H,24,27)/t21-/m1/s1. The maximum absolute atomic E-state index is 13.2. The average Bonchev–Trinajstić information content (AvgIpc) is 3.26. The molecule has 3 heterocycles. The number of hydrogen-bond donors (Lipinski definition) is 1. The van der Waals surface area contributed by atoms with Crippen LogP contribution in [0.4, 0.5) is 4.79 Å². The van der Waals surface area contributed by atoms with Crippen molar-refractivity contribution >= 4 is 23.0 Å². The van der Waals surface area contributed by atoms with Gasteiger partial charge in [-0.05, 0) is 43.7 Å². The molecule has 146 valence electrons. The van der Waals surface area contributed by atoms with Crippen LogP contribution in [0.3, 0.4) is 0 Å². The molecule has 3 amide bonds. The van der Waals surface area contributed by atoms with Gasteiger partial charge in [0.15, 0.2) is 11.5 Å². The number of nitrogens with one attached hydrogen (secondary N) is 1. The molecule has 2 aliphatic heterocycles.